The summed E-state index contributed by atoms with van der Waals surface area (Å²) in [5.41, 5.74) is 2.81. The van der Waals surface area contributed by atoms with Gasteiger partial charge < -0.3 is 25.2 Å². The van der Waals surface area contributed by atoms with E-state index in [0.717, 1.165) is 11.1 Å². The molecule has 0 bridgehead atoms. The number of hydrogen-bond donors (Lipinski definition) is 3. The van der Waals surface area contributed by atoms with Gasteiger partial charge in [0, 0.05) is 6.20 Å². The summed E-state index contributed by atoms with van der Waals surface area (Å²) >= 11 is 0. The summed E-state index contributed by atoms with van der Waals surface area (Å²) in [6, 6.07) is 10.5. The van der Waals surface area contributed by atoms with Crippen molar-refractivity contribution in [3.05, 3.63) is 65.6 Å². The highest BCUT2D eigenvalue weighted by Crippen LogP contribution is 2.46. The number of aliphatic hydroxyl groups is 1. The van der Waals surface area contributed by atoms with Crippen LogP contribution in [-0.4, -0.2) is 56.6 Å². The lowest BCUT2D eigenvalue weighted by Gasteiger charge is -2.44. The molecule has 9 heteroatoms. The maximum Gasteiger partial charge on any atom is 0.352 e. The van der Waals surface area contributed by atoms with Gasteiger partial charge in [-0.25, -0.2) is 4.79 Å². The quantitative estimate of drug-likeness (QED) is 0.393. The molecule has 1 aromatic carbocycles. The molecule has 3 heterocycles. The maximum atomic E-state index is 12.3. The van der Waals surface area contributed by atoms with E-state index >= 15 is 0 Å². The van der Waals surface area contributed by atoms with Crippen molar-refractivity contribution < 1.29 is 29.3 Å². The van der Waals surface area contributed by atoms with Crippen LogP contribution in [0.1, 0.15) is 30.9 Å². The van der Waals surface area contributed by atoms with Crippen LogP contribution in [-0.2, 0) is 25.7 Å². The SMILES string of the molecule is C[C@@H](O)[C@H]1C(=O)N2C(C(=O)O)=C(c3ccc(COCCC(=O)Nc4cccnc4)cc3)C[C@H]12. The molecule has 2 aromatic rings. The van der Waals surface area contributed by atoms with E-state index in [1.807, 2.05) is 12.1 Å². The summed E-state index contributed by atoms with van der Waals surface area (Å²) in [7, 11) is 0. The summed E-state index contributed by atoms with van der Waals surface area (Å²) in [6.45, 7) is 2.11. The summed E-state index contributed by atoms with van der Waals surface area (Å²) in [5, 5.41) is 22.3. The molecule has 0 saturated carbocycles. The molecule has 0 unspecified atom stereocenters. The number of carboxylic acids is 1. The zero-order valence-corrected chi connectivity index (χ0v) is 18.1. The molecular weight excluding hydrogens is 426 g/mol. The molecular formula is C24H25N3O6. The topological polar surface area (TPSA) is 129 Å². The molecule has 33 heavy (non-hydrogen) atoms. The molecule has 2 aliphatic rings. The Morgan fingerprint density at radius 3 is 2.67 bits per heavy atom. The average Bonchev–Trinajstić information content (AvgIpc) is 3.13. The Bertz CT molecular complexity index is 1080. The second-order valence-corrected chi connectivity index (χ2v) is 8.17. The molecule has 3 atom stereocenters. The van der Waals surface area contributed by atoms with Crippen molar-refractivity contribution in [2.75, 3.05) is 11.9 Å². The predicted octanol–water partition coefficient (Wildman–Crippen LogP) is 2.03. The number of hydrogen-bond acceptors (Lipinski definition) is 6. The van der Waals surface area contributed by atoms with Gasteiger partial charge in [0.1, 0.15) is 5.70 Å². The van der Waals surface area contributed by atoms with Gasteiger partial charge in [-0.3, -0.25) is 14.6 Å². The van der Waals surface area contributed by atoms with Crippen LogP contribution >= 0.6 is 0 Å². The highest BCUT2D eigenvalue weighted by Gasteiger charge is 2.56. The lowest BCUT2D eigenvalue weighted by Crippen LogP contribution is -2.61. The number of anilines is 1. The molecule has 1 saturated heterocycles. The molecule has 1 fully saturated rings. The van der Waals surface area contributed by atoms with Crippen molar-refractivity contribution in [2.24, 2.45) is 5.92 Å². The number of carbonyl (C=O) groups excluding carboxylic acids is 2. The molecule has 9 nitrogen and oxygen atoms in total. The smallest absolute Gasteiger partial charge is 0.352 e. The van der Waals surface area contributed by atoms with Gasteiger partial charge in [-0.05, 0) is 42.2 Å². The first-order chi connectivity index (χ1) is 15.9. The Balaban J connectivity index is 1.32. The first-order valence-electron chi connectivity index (χ1n) is 10.7. The zero-order valence-electron chi connectivity index (χ0n) is 18.1. The van der Waals surface area contributed by atoms with Crippen LogP contribution in [0.4, 0.5) is 5.69 Å². The third kappa shape index (κ3) is 4.64. The van der Waals surface area contributed by atoms with E-state index in [9.17, 15) is 24.6 Å². The lowest BCUT2D eigenvalue weighted by atomic mass is 9.82. The van der Waals surface area contributed by atoms with E-state index in [1.165, 1.54) is 4.90 Å². The molecule has 0 radical (unpaired) electrons. The van der Waals surface area contributed by atoms with E-state index in [1.54, 1.807) is 43.6 Å². The van der Waals surface area contributed by atoms with Crippen molar-refractivity contribution in [3.8, 4) is 0 Å². The fourth-order valence-electron chi connectivity index (χ4n) is 4.34. The monoisotopic (exact) mass is 451 g/mol. The number of nitrogens with zero attached hydrogens (tertiary/aromatic N) is 2. The number of aliphatic hydroxyl groups excluding tert-OH is 1. The summed E-state index contributed by atoms with van der Waals surface area (Å²) in [5.74, 6) is -2.23. The van der Waals surface area contributed by atoms with Crippen molar-refractivity contribution in [2.45, 2.75) is 38.5 Å². The summed E-state index contributed by atoms with van der Waals surface area (Å²) < 4.78 is 5.59. The number of aliphatic carboxylic acids is 1. The average molecular weight is 451 g/mol. The number of amides is 2. The molecule has 0 aliphatic carbocycles. The normalized spacial score (nSPS) is 20.3. The Kier molecular flexibility index (Phi) is 6.52. The van der Waals surface area contributed by atoms with Crippen LogP contribution in [0, 0.1) is 5.92 Å². The van der Waals surface area contributed by atoms with Crippen molar-refractivity contribution >= 4 is 29.0 Å². The van der Waals surface area contributed by atoms with E-state index in [4.69, 9.17) is 4.74 Å². The van der Waals surface area contributed by atoms with E-state index in [0.29, 0.717) is 24.3 Å². The molecule has 172 valence electrons. The molecule has 1 aromatic heterocycles. The highest BCUT2D eigenvalue weighted by molar-refractivity contribution is 6.06. The van der Waals surface area contributed by atoms with E-state index < -0.39 is 18.0 Å². The first-order valence-corrected chi connectivity index (χ1v) is 10.7. The Morgan fingerprint density at radius 1 is 1.27 bits per heavy atom. The Labute approximate surface area is 190 Å². The predicted molar refractivity (Wildman–Crippen MR) is 119 cm³/mol. The number of aromatic nitrogens is 1. The van der Waals surface area contributed by atoms with Crippen LogP contribution in [0.15, 0.2) is 54.5 Å². The molecule has 3 N–H and O–H groups in total. The second kappa shape index (κ2) is 9.51. The van der Waals surface area contributed by atoms with Gasteiger partial charge in [0.15, 0.2) is 0 Å². The number of benzene rings is 1. The van der Waals surface area contributed by atoms with Crippen LogP contribution in [0.3, 0.4) is 0 Å². The van der Waals surface area contributed by atoms with E-state index in [-0.39, 0.29) is 36.6 Å². The lowest BCUT2D eigenvalue weighted by molar-refractivity contribution is -0.161. The van der Waals surface area contributed by atoms with Crippen molar-refractivity contribution in [3.63, 3.8) is 0 Å². The number of pyridine rings is 1. The minimum Gasteiger partial charge on any atom is -0.477 e. The minimum atomic E-state index is -1.15. The summed E-state index contributed by atoms with van der Waals surface area (Å²) in [6.07, 6.45) is 2.98. The number of ether oxygens (including phenoxy) is 1. The zero-order chi connectivity index (χ0) is 23.5. The minimum absolute atomic E-state index is 0.00877. The fourth-order valence-corrected chi connectivity index (χ4v) is 4.34. The third-order valence-corrected chi connectivity index (χ3v) is 5.92. The standard InChI is InChI=1S/C24H25N3O6/c1-14(28)21-19-11-18(22(24(31)32)27(19)23(21)30)16-6-4-15(5-7-16)13-33-10-8-20(29)26-17-3-2-9-25-12-17/h2-7,9,12,14,19,21,28H,8,10-11,13H2,1H3,(H,26,29)(H,31,32)/t14-,19-,21-/m1/s1. The molecule has 2 aliphatic heterocycles. The van der Waals surface area contributed by atoms with E-state index in [2.05, 4.69) is 10.3 Å². The number of nitrogens with one attached hydrogen (secondary N) is 1. The number of carbonyl (C=O) groups is 3. The maximum absolute atomic E-state index is 12.3. The number of rotatable bonds is 9. The second-order valence-electron chi connectivity index (χ2n) is 8.17. The van der Waals surface area contributed by atoms with Crippen molar-refractivity contribution in [1.29, 1.82) is 0 Å². The number of β-lactam (4-membered cyclic amide) rings is 1. The highest BCUT2D eigenvalue weighted by atomic mass is 16.5. The molecule has 2 amide bonds. The number of fused-ring (bicyclic) bond motifs is 1. The molecule has 0 spiro atoms. The van der Waals surface area contributed by atoms with Gasteiger partial charge in [0.05, 0.1) is 49.6 Å². The Morgan fingerprint density at radius 2 is 2.03 bits per heavy atom. The fraction of sp³-hybridized carbons (Fsp3) is 0.333. The third-order valence-electron chi connectivity index (χ3n) is 5.92. The number of carboxylic acid groups (broad SMARTS) is 1. The largest absolute Gasteiger partial charge is 0.477 e. The van der Waals surface area contributed by atoms with Gasteiger partial charge in [-0.2, -0.15) is 0 Å². The van der Waals surface area contributed by atoms with Crippen molar-refractivity contribution in [1.82, 2.24) is 9.88 Å². The van der Waals surface area contributed by atoms with Crippen LogP contribution in [0.5, 0.6) is 0 Å². The van der Waals surface area contributed by atoms with Crippen LogP contribution in [0.2, 0.25) is 0 Å². The van der Waals surface area contributed by atoms with Gasteiger partial charge in [0.25, 0.3) is 0 Å². The Hall–Kier alpha value is -3.56. The van der Waals surface area contributed by atoms with Gasteiger partial charge in [-0.15, -0.1) is 0 Å². The van der Waals surface area contributed by atoms with Gasteiger partial charge >= 0.3 is 5.97 Å². The summed E-state index contributed by atoms with van der Waals surface area (Å²) in [4.78, 5) is 41.4. The van der Waals surface area contributed by atoms with Crippen LogP contribution in [0.25, 0.3) is 5.57 Å². The van der Waals surface area contributed by atoms with Crippen LogP contribution < -0.4 is 5.32 Å². The molecule has 4 rings (SSSR count). The first kappa shape index (κ1) is 22.6. The van der Waals surface area contributed by atoms with Gasteiger partial charge in [-0.1, -0.05) is 24.3 Å². The van der Waals surface area contributed by atoms with Gasteiger partial charge in [0.2, 0.25) is 11.8 Å².